The Bertz CT molecular complexity index is 273. The van der Waals surface area contributed by atoms with Crippen molar-refractivity contribution in [3.8, 4) is 0 Å². The number of unbranched alkanes of at least 4 members (excludes halogenated alkanes) is 2. The summed E-state index contributed by atoms with van der Waals surface area (Å²) < 4.78 is 6.49. The van der Waals surface area contributed by atoms with Crippen molar-refractivity contribution < 1.29 is 14.6 Å². The van der Waals surface area contributed by atoms with Crippen LogP contribution in [0.4, 0.5) is 0 Å². The fourth-order valence-corrected chi connectivity index (χ4v) is 6.40. The number of hydrogen-bond acceptors (Lipinski definition) is 3. The maximum atomic E-state index is 10.9. The summed E-state index contributed by atoms with van der Waals surface area (Å²) in [5.74, 6) is 0. The normalized spacial score (nSPS) is 30.9. The maximum Gasteiger partial charge on any atom is 0.192 e. The Morgan fingerprint density at radius 1 is 1.05 bits per heavy atom. The van der Waals surface area contributed by atoms with Crippen molar-refractivity contribution in [1.82, 2.24) is 0 Å². The van der Waals surface area contributed by atoms with E-state index in [4.69, 9.17) is 4.43 Å². The van der Waals surface area contributed by atoms with Gasteiger partial charge in [0, 0.05) is 0 Å². The van der Waals surface area contributed by atoms with Crippen LogP contribution in [0.3, 0.4) is 0 Å². The van der Waals surface area contributed by atoms with Crippen LogP contribution in [0.1, 0.15) is 66.2 Å². The molecule has 20 heavy (non-hydrogen) atoms. The van der Waals surface area contributed by atoms with Gasteiger partial charge in [-0.3, -0.25) is 0 Å². The van der Waals surface area contributed by atoms with Crippen LogP contribution in [-0.4, -0.2) is 36.3 Å². The SMILES string of the molecule is CCCCC[C@]1(O)[C@@H](O)CC[C@H]1O[Si](CC)(CC)CC. The molecule has 1 aliphatic carbocycles. The maximum absolute atomic E-state index is 10.9. The molecule has 0 aromatic rings. The summed E-state index contributed by atoms with van der Waals surface area (Å²) in [6, 6.07) is 3.28. The molecule has 1 rings (SSSR count). The molecule has 1 fully saturated rings. The molecule has 0 aromatic heterocycles. The molecular weight excluding hydrogens is 268 g/mol. The predicted molar refractivity (Wildman–Crippen MR) is 86.4 cm³/mol. The third-order valence-corrected chi connectivity index (χ3v) is 9.99. The van der Waals surface area contributed by atoms with E-state index in [0.717, 1.165) is 43.8 Å². The third kappa shape index (κ3) is 3.84. The Balaban J connectivity index is 2.76. The fraction of sp³-hybridized carbons (Fsp3) is 1.00. The Hall–Kier alpha value is 0.0969. The molecule has 0 bridgehead atoms. The van der Waals surface area contributed by atoms with Crippen LogP contribution >= 0.6 is 0 Å². The first kappa shape index (κ1) is 18.1. The Morgan fingerprint density at radius 3 is 2.15 bits per heavy atom. The van der Waals surface area contributed by atoms with Gasteiger partial charge < -0.3 is 14.6 Å². The highest BCUT2D eigenvalue weighted by atomic mass is 28.4. The minimum absolute atomic E-state index is 0.152. The number of hydrogen-bond donors (Lipinski definition) is 2. The van der Waals surface area contributed by atoms with Crippen molar-refractivity contribution >= 4 is 8.32 Å². The molecule has 0 spiro atoms. The molecule has 0 aliphatic heterocycles. The lowest BCUT2D eigenvalue weighted by atomic mass is 9.91. The van der Waals surface area contributed by atoms with Crippen molar-refractivity contribution in [1.29, 1.82) is 0 Å². The zero-order chi connectivity index (χ0) is 15.2. The smallest absolute Gasteiger partial charge is 0.192 e. The Morgan fingerprint density at radius 2 is 1.65 bits per heavy atom. The summed E-state index contributed by atoms with van der Waals surface area (Å²) in [7, 11) is -1.72. The quantitative estimate of drug-likeness (QED) is 0.502. The zero-order valence-electron chi connectivity index (χ0n) is 13.8. The van der Waals surface area contributed by atoms with Gasteiger partial charge in [-0.25, -0.2) is 0 Å². The van der Waals surface area contributed by atoms with Crippen molar-refractivity contribution in [3.63, 3.8) is 0 Å². The highest BCUT2D eigenvalue weighted by Crippen LogP contribution is 2.40. The molecule has 2 N–H and O–H groups in total. The summed E-state index contributed by atoms with van der Waals surface area (Å²) in [6.07, 6.45) is 4.61. The average Bonchev–Trinajstić information content (AvgIpc) is 2.73. The minimum Gasteiger partial charge on any atom is -0.411 e. The number of rotatable bonds is 9. The van der Waals surface area contributed by atoms with Gasteiger partial charge >= 0.3 is 0 Å². The van der Waals surface area contributed by atoms with Gasteiger partial charge in [-0.2, -0.15) is 0 Å². The second-order valence-electron chi connectivity index (χ2n) is 6.39. The van der Waals surface area contributed by atoms with Crippen LogP contribution in [-0.2, 0) is 4.43 Å². The van der Waals surface area contributed by atoms with Crippen molar-refractivity contribution in [3.05, 3.63) is 0 Å². The van der Waals surface area contributed by atoms with Crippen LogP contribution < -0.4 is 0 Å². The monoisotopic (exact) mass is 302 g/mol. The Labute approximate surface area is 125 Å². The van der Waals surface area contributed by atoms with E-state index in [2.05, 4.69) is 27.7 Å². The number of aliphatic hydroxyl groups excluding tert-OH is 1. The van der Waals surface area contributed by atoms with E-state index in [1.54, 1.807) is 0 Å². The first-order valence-electron chi connectivity index (χ1n) is 8.56. The van der Waals surface area contributed by atoms with E-state index >= 15 is 0 Å². The molecule has 0 heterocycles. The Kier molecular flexibility index (Phi) is 7.19. The van der Waals surface area contributed by atoms with Crippen LogP contribution in [0.5, 0.6) is 0 Å². The van der Waals surface area contributed by atoms with Gasteiger partial charge in [0.15, 0.2) is 8.32 Å². The largest absolute Gasteiger partial charge is 0.411 e. The highest BCUT2D eigenvalue weighted by molar-refractivity contribution is 6.73. The summed E-state index contributed by atoms with van der Waals surface area (Å²) in [6.45, 7) is 8.79. The first-order chi connectivity index (χ1) is 9.48. The molecule has 120 valence electrons. The van der Waals surface area contributed by atoms with E-state index in [-0.39, 0.29) is 6.10 Å². The highest BCUT2D eigenvalue weighted by Gasteiger charge is 2.50. The molecule has 0 aromatic carbocycles. The average molecular weight is 303 g/mol. The topological polar surface area (TPSA) is 49.7 Å². The molecule has 1 saturated carbocycles. The second-order valence-corrected chi connectivity index (χ2v) is 11.1. The standard InChI is InChI=1S/C16H34O3Si/c1-5-9-10-13-16(18)14(17)11-12-15(16)19-20(6-2,7-3)8-4/h14-15,17-18H,5-13H2,1-4H3/t14-,15+,16-/m0/s1. The molecule has 4 heteroatoms. The molecule has 0 unspecified atom stereocenters. The van der Waals surface area contributed by atoms with Crippen molar-refractivity contribution in [2.45, 2.75) is 102 Å². The molecular formula is C16H34O3Si. The molecule has 3 atom stereocenters. The van der Waals surface area contributed by atoms with Crippen molar-refractivity contribution in [2.75, 3.05) is 0 Å². The molecule has 0 radical (unpaired) electrons. The molecule has 1 aliphatic rings. The van der Waals surface area contributed by atoms with E-state index in [1.165, 1.54) is 0 Å². The molecule has 3 nitrogen and oxygen atoms in total. The van der Waals surface area contributed by atoms with Gasteiger partial charge in [-0.15, -0.1) is 0 Å². The summed E-state index contributed by atoms with van der Waals surface area (Å²) in [4.78, 5) is 0. The molecule has 0 amide bonds. The third-order valence-electron chi connectivity index (χ3n) is 5.34. The first-order valence-corrected chi connectivity index (χ1v) is 11.1. The van der Waals surface area contributed by atoms with E-state index in [0.29, 0.717) is 12.8 Å². The van der Waals surface area contributed by atoms with Crippen LogP contribution in [0.2, 0.25) is 18.1 Å². The van der Waals surface area contributed by atoms with Crippen molar-refractivity contribution in [2.24, 2.45) is 0 Å². The van der Waals surface area contributed by atoms with Gasteiger partial charge in [0.1, 0.15) is 5.60 Å². The summed E-state index contributed by atoms with van der Waals surface area (Å²) in [5.41, 5.74) is -1.01. The van der Waals surface area contributed by atoms with Crippen LogP contribution in [0.15, 0.2) is 0 Å². The van der Waals surface area contributed by atoms with Crippen LogP contribution in [0.25, 0.3) is 0 Å². The van der Waals surface area contributed by atoms with Gasteiger partial charge in [0.25, 0.3) is 0 Å². The van der Waals surface area contributed by atoms with Gasteiger partial charge in [-0.1, -0.05) is 47.0 Å². The number of aliphatic hydroxyl groups is 2. The van der Waals surface area contributed by atoms with E-state index in [1.807, 2.05) is 0 Å². The molecule has 0 saturated heterocycles. The van der Waals surface area contributed by atoms with Gasteiger partial charge in [-0.05, 0) is 37.4 Å². The predicted octanol–water partition coefficient (Wildman–Crippen LogP) is 3.84. The fourth-order valence-electron chi connectivity index (χ4n) is 3.47. The summed E-state index contributed by atoms with van der Waals surface area (Å²) in [5, 5.41) is 21.2. The summed E-state index contributed by atoms with van der Waals surface area (Å²) >= 11 is 0. The van der Waals surface area contributed by atoms with Gasteiger partial charge in [0.2, 0.25) is 0 Å². The van der Waals surface area contributed by atoms with E-state index in [9.17, 15) is 10.2 Å². The lowest BCUT2D eigenvalue weighted by Gasteiger charge is -2.39. The lowest BCUT2D eigenvalue weighted by molar-refractivity contribution is -0.112. The minimum atomic E-state index is -1.72. The lowest BCUT2D eigenvalue weighted by Crippen LogP contribution is -2.52. The van der Waals surface area contributed by atoms with E-state index < -0.39 is 20.0 Å². The van der Waals surface area contributed by atoms with Crippen LogP contribution in [0, 0.1) is 0 Å². The second kappa shape index (κ2) is 7.92. The van der Waals surface area contributed by atoms with Gasteiger partial charge in [0.05, 0.1) is 12.2 Å². The zero-order valence-corrected chi connectivity index (χ0v) is 14.8.